The van der Waals surface area contributed by atoms with Gasteiger partial charge in [-0.1, -0.05) is 0 Å². The van der Waals surface area contributed by atoms with Crippen molar-refractivity contribution in [3.8, 4) is 5.75 Å². The van der Waals surface area contributed by atoms with Crippen LogP contribution in [0.5, 0.6) is 5.75 Å². The molecule has 1 fully saturated rings. The van der Waals surface area contributed by atoms with E-state index in [1.54, 1.807) is 24.3 Å². The van der Waals surface area contributed by atoms with Gasteiger partial charge >= 0.3 is 0 Å². The summed E-state index contributed by atoms with van der Waals surface area (Å²) in [5.74, 6) is 0.559. The second-order valence-corrected chi connectivity index (χ2v) is 6.11. The van der Waals surface area contributed by atoms with Crippen LogP contribution < -0.4 is 10.6 Å². The summed E-state index contributed by atoms with van der Waals surface area (Å²) in [6, 6.07) is 10.5. The van der Waals surface area contributed by atoms with Crippen LogP contribution >= 0.6 is 0 Å². The Labute approximate surface area is 136 Å². The van der Waals surface area contributed by atoms with Gasteiger partial charge < -0.3 is 20.7 Å². The van der Waals surface area contributed by atoms with E-state index in [9.17, 15) is 9.90 Å². The molecule has 0 saturated carbocycles. The van der Waals surface area contributed by atoms with Crippen molar-refractivity contribution in [3.05, 3.63) is 53.9 Å². The molecule has 0 spiro atoms. The Hall–Kier alpha value is -2.27. The Kier molecular flexibility index (Phi) is 4.98. The Morgan fingerprint density at radius 2 is 1.96 bits per heavy atom. The molecule has 2 aromatic rings. The predicted molar refractivity (Wildman–Crippen MR) is 89.5 cm³/mol. The molecule has 5 nitrogen and oxygen atoms in total. The quantitative estimate of drug-likeness (QED) is 0.682. The molecule has 122 valence electrons. The van der Waals surface area contributed by atoms with Gasteiger partial charge in [-0.3, -0.25) is 4.79 Å². The first-order valence-electron chi connectivity index (χ1n) is 8.15. The molecule has 4 N–H and O–H groups in total. The summed E-state index contributed by atoms with van der Waals surface area (Å²) in [7, 11) is 0. The van der Waals surface area contributed by atoms with Gasteiger partial charge in [0.25, 0.3) is 5.91 Å². The molecule has 1 aliphatic heterocycles. The van der Waals surface area contributed by atoms with Gasteiger partial charge in [0.05, 0.1) is 0 Å². The van der Waals surface area contributed by atoms with E-state index in [1.165, 1.54) is 0 Å². The van der Waals surface area contributed by atoms with E-state index < -0.39 is 0 Å². The van der Waals surface area contributed by atoms with Crippen molar-refractivity contribution in [1.82, 2.24) is 15.6 Å². The van der Waals surface area contributed by atoms with Gasteiger partial charge in [-0.25, -0.2) is 0 Å². The van der Waals surface area contributed by atoms with Gasteiger partial charge in [-0.15, -0.1) is 0 Å². The number of piperidine rings is 1. The highest BCUT2D eigenvalue weighted by atomic mass is 16.3. The van der Waals surface area contributed by atoms with Gasteiger partial charge in [-0.2, -0.15) is 0 Å². The van der Waals surface area contributed by atoms with Gasteiger partial charge in [0.15, 0.2) is 0 Å². The highest BCUT2D eigenvalue weighted by molar-refractivity contribution is 5.94. The van der Waals surface area contributed by atoms with E-state index in [-0.39, 0.29) is 17.7 Å². The highest BCUT2D eigenvalue weighted by Gasteiger charge is 2.25. The minimum atomic E-state index is -0.0833. The normalized spacial score (nSPS) is 16.9. The fourth-order valence-electron chi connectivity index (χ4n) is 3.18. The van der Waals surface area contributed by atoms with E-state index in [2.05, 4.69) is 21.7 Å². The number of nitrogens with one attached hydrogen (secondary N) is 3. The minimum absolute atomic E-state index is 0.0833. The van der Waals surface area contributed by atoms with Gasteiger partial charge in [-0.05, 0) is 68.2 Å². The summed E-state index contributed by atoms with van der Waals surface area (Å²) in [5.41, 5.74) is 1.72. The number of carbonyl (C=O) groups is 1. The maximum absolute atomic E-state index is 12.5. The third-order valence-corrected chi connectivity index (χ3v) is 4.50. The Morgan fingerprint density at radius 1 is 1.22 bits per heavy atom. The molecular weight excluding hydrogens is 290 g/mol. The van der Waals surface area contributed by atoms with Crippen molar-refractivity contribution in [2.45, 2.75) is 25.3 Å². The topological polar surface area (TPSA) is 77.2 Å². The predicted octanol–water partition coefficient (Wildman–Crippen LogP) is 2.06. The van der Waals surface area contributed by atoms with E-state index in [0.717, 1.165) is 38.0 Å². The average Bonchev–Trinajstić information content (AvgIpc) is 3.09. The molecule has 2 heterocycles. The van der Waals surface area contributed by atoms with Crippen LogP contribution in [0.1, 0.15) is 28.9 Å². The highest BCUT2D eigenvalue weighted by Crippen LogP contribution is 2.20. The summed E-state index contributed by atoms with van der Waals surface area (Å²) in [4.78, 5) is 15.7. The first-order chi connectivity index (χ1) is 11.2. The third-order valence-electron chi connectivity index (χ3n) is 4.50. The fourth-order valence-corrected chi connectivity index (χ4v) is 3.18. The van der Waals surface area contributed by atoms with E-state index in [0.29, 0.717) is 11.5 Å². The Balaban J connectivity index is 1.71. The number of carbonyl (C=O) groups excluding carboxylic acids is 1. The second-order valence-electron chi connectivity index (χ2n) is 6.11. The van der Waals surface area contributed by atoms with Crippen molar-refractivity contribution in [2.24, 2.45) is 5.92 Å². The zero-order valence-corrected chi connectivity index (χ0v) is 13.1. The van der Waals surface area contributed by atoms with Crippen LogP contribution in [0.2, 0.25) is 0 Å². The van der Waals surface area contributed by atoms with Crippen LogP contribution in [-0.2, 0) is 6.42 Å². The monoisotopic (exact) mass is 313 g/mol. The SMILES string of the molecule is O=C(NC(Cc1ccc[nH]1)C1CCNCC1)c1ccc(O)cc1. The summed E-state index contributed by atoms with van der Waals surface area (Å²) in [5, 5.41) is 15.9. The molecule has 1 aliphatic rings. The van der Waals surface area contributed by atoms with Gasteiger partial charge in [0, 0.05) is 29.9 Å². The number of rotatable bonds is 5. The number of phenolic OH excluding ortho intramolecular Hbond substituents is 1. The lowest BCUT2D eigenvalue weighted by Gasteiger charge is -2.31. The van der Waals surface area contributed by atoms with Crippen molar-refractivity contribution in [2.75, 3.05) is 13.1 Å². The standard InChI is InChI=1S/C18H23N3O2/c22-16-5-3-14(4-6-16)18(23)21-17(12-15-2-1-9-20-15)13-7-10-19-11-8-13/h1-6,9,13,17,19-20,22H,7-8,10-12H2,(H,21,23). The number of aromatic nitrogens is 1. The molecule has 0 aliphatic carbocycles. The molecule has 0 radical (unpaired) electrons. The van der Waals surface area contributed by atoms with Crippen LogP contribution in [0.25, 0.3) is 0 Å². The van der Waals surface area contributed by atoms with Crippen LogP contribution in [-0.4, -0.2) is 35.1 Å². The number of aromatic hydroxyl groups is 1. The molecular formula is C18H23N3O2. The van der Waals surface area contributed by atoms with E-state index >= 15 is 0 Å². The lowest BCUT2D eigenvalue weighted by molar-refractivity contribution is 0.0914. The molecule has 3 rings (SSSR count). The molecule has 5 heteroatoms. The molecule has 1 aromatic heterocycles. The lowest BCUT2D eigenvalue weighted by Crippen LogP contribution is -2.45. The minimum Gasteiger partial charge on any atom is -0.508 e. The summed E-state index contributed by atoms with van der Waals surface area (Å²) in [6.45, 7) is 2.00. The van der Waals surface area contributed by atoms with Crippen molar-refractivity contribution >= 4 is 5.91 Å². The Morgan fingerprint density at radius 3 is 2.61 bits per heavy atom. The summed E-state index contributed by atoms with van der Waals surface area (Å²) >= 11 is 0. The number of H-pyrrole nitrogens is 1. The zero-order valence-electron chi connectivity index (χ0n) is 13.1. The number of hydrogen-bond acceptors (Lipinski definition) is 3. The van der Waals surface area contributed by atoms with Crippen molar-refractivity contribution in [3.63, 3.8) is 0 Å². The summed E-state index contributed by atoms with van der Waals surface area (Å²) in [6.07, 6.45) is 4.86. The average molecular weight is 313 g/mol. The number of phenols is 1. The molecule has 1 aromatic carbocycles. The van der Waals surface area contributed by atoms with Crippen LogP contribution in [0.4, 0.5) is 0 Å². The van der Waals surface area contributed by atoms with Crippen molar-refractivity contribution in [1.29, 1.82) is 0 Å². The molecule has 1 amide bonds. The zero-order chi connectivity index (χ0) is 16.1. The van der Waals surface area contributed by atoms with Gasteiger partial charge in [0.2, 0.25) is 0 Å². The number of aromatic amines is 1. The largest absolute Gasteiger partial charge is 0.508 e. The maximum atomic E-state index is 12.5. The second kappa shape index (κ2) is 7.33. The molecule has 1 unspecified atom stereocenters. The Bertz CT molecular complexity index is 616. The summed E-state index contributed by atoms with van der Waals surface area (Å²) < 4.78 is 0. The number of benzene rings is 1. The fraction of sp³-hybridized carbons (Fsp3) is 0.389. The van der Waals surface area contributed by atoms with Crippen LogP contribution in [0.15, 0.2) is 42.6 Å². The molecule has 23 heavy (non-hydrogen) atoms. The smallest absolute Gasteiger partial charge is 0.251 e. The van der Waals surface area contributed by atoms with E-state index in [1.807, 2.05) is 12.3 Å². The first kappa shape index (κ1) is 15.6. The first-order valence-corrected chi connectivity index (χ1v) is 8.15. The molecule has 1 saturated heterocycles. The number of hydrogen-bond donors (Lipinski definition) is 4. The number of amides is 1. The van der Waals surface area contributed by atoms with Crippen molar-refractivity contribution < 1.29 is 9.90 Å². The van der Waals surface area contributed by atoms with E-state index in [4.69, 9.17) is 0 Å². The molecule has 1 atom stereocenters. The lowest BCUT2D eigenvalue weighted by atomic mass is 9.87. The molecule has 0 bridgehead atoms. The van der Waals surface area contributed by atoms with Crippen LogP contribution in [0, 0.1) is 5.92 Å². The maximum Gasteiger partial charge on any atom is 0.251 e. The van der Waals surface area contributed by atoms with Gasteiger partial charge in [0.1, 0.15) is 5.75 Å². The van der Waals surface area contributed by atoms with Crippen LogP contribution in [0.3, 0.4) is 0 Å². The third kappa shape index (κ3) is 4.13.